The van der Waals surface area contributed by atoms with Gasteiger partial charge in [0.05, 0.1) is 47.8 Å². The van der Waals surface area contributed by atoms with Gasteiger partial charge in [0.25, 0.3) is 0 Å². The van der Waals surface area contributed by atoms with Crippen molar-refractivity contribution in [1.82, 2.24) is 4.57 Å². The smallest absolute Gasteiger partial charge is 0.355 e. The predicted molar refractivity (Wildman–Crippen MR) is 245 cm³/mol. The summed E-state index contributed by atoms with van der Waals surface area (Å²) in [7, 11) is 8.00. The number of carbonyl (C=O) groups excluding carboxylic acids is 1. The van der Waals surface area contributed by atoms with Gasteiger partial charge in [-0.25, -0.2) is 4.79 Å². The Morgan fingerprint density at radius 2 is 1.05 bits per heavy atom. The molecule has 11 heteroatoms. The van der Waals surface area contributed by atoms with Crippen LogP contribution in [0, 0.1) is 0 Å². The van der Waals surface area contributed by atoms with Crippen LogP contribution in [0.1, 0.15) is 39.7 Å². The van der Waals surface area contributed by atoms with Gasteiger partial charge in [0.1, 0.15) is 31.3 Å². The van der Waals surface area contributed by atoms with Crippen molar-refractivity contribution < 1.29 is 47.4 Å². The summed E-state index contributed by atoms with van der Waals surface area (Å²) in [5.74, 6) is 3.40. The lowest BCUT2D eigenvalue weighted by atomic mass is 9.89. The molecule has 328 valence electrons. The number of benzene rings is 6. The molecule has 8 rings (SSSR count). The van der Waals surface area contributed by atoms with Crippen LogP contribution in [0.5, 0.6) is 46.0 Å². The van der Waals surface area contributed by atoms with Crippen molar-refractivity contribution in [3.8, 4) is 79.5 Å². The fourth-order valence-corrected chi connectivity index (χ4v) is 8.26. The molecule has 0 saturated carbocycles. The van der Waals surface area contributed by atoms with E-state index in [0.29, 0.717) is 88.0 Å². The first-order chi connectivity index (χ1) is 31.4. The Morgan fingerprint density at radius 3 is 1.58 bits per heavy atom. The van der Waals surface area contributed by atoms with E-state index < -0.39 is 5.97 Å². The van der Waals surface area contributed by atoms with Crippen molar-refractivity contribution in [3.05, 3.63) is 155 Å². The summed E-state index contributed by atoms with van der Waals surface area (Å²) in [6, 6.07) is 41.2. The van der Waals surface area contributed by atoms with Crippen molar-refractivity contribution >= 4 is 5.97 Å². The summed E-state index contributed by atoms with van der Waals surface area (Å²) < 4.78 is 57.6. The van der Waals surface area contributed by atoms with Crippen LogP contribution in [-0.4, -0.2) is 52.7 Å². The number of hydrogen-bond donors (Lipinski definition) is 0. The minimum absolute atomic E-state index is 0.149. The molecule has 1 aliphatic heterocycles. The third kappa shape index (κ3) is 8.61. The monoisotopic (exact) mass is 861 g/mol. The van der Waals surface area contributed by atoms with Crippen LogP contribution in [-0.2, 0) is 37.5 Å². The molecule has 64 heavy (non-hydrogen) atoms. The summed E-state index contributed by atoms with van der Waals surface area (Å²) >= 11 is 0. The van der Waals surface area contributed by atoms with Crippen molar-refractivity contribution in [3.63, 3.8) is 0 Å². The summed E-state index contributed by atoms with van der Waals surface area (Å²) in [4.78, 5) is 14.8. The third-order valence-corrected chi connectivity index (χ3v) is 11.2. The highest BCUT2D eigenvalue weighted by atomic mass is 16.5. The quantitative estimate of drug-likeness (QED) is 0.0775. The lowest BCUT2D eigenvalue weighted by molar-refractivity contribution is 0.0514. The van der Waals surface area contributed by atoms with E-state index >= 15 is 0 Å². The second-order valence-corrected chi connectivity index (χ2v) is 14.9. The zero-order valence-electron chi connectivity index (χ0n) is 36.9. The Balaban J connectivity index is 1.44. The molecule has 0 N–H and O–H groups in total. The van der Waals surface area contributed by atoms with E-state index in [-0.39, 0.29) is 19.8 Å². The number of hydrogen-bond acceptors (Lipinski definition) is 10. The van der Waals surface area contributed by atoms with E-state index in [0.717, 1.165) is 39.1 Å². The lowest BCUT2D eigenvalue weighted by Gasteiger charge is -2.26. The van der Waals surface area contributed by atoms with Crippen LogP contribution < -0.4 is 37.9 Å². The molecule has 7 aromatic rings. The number of methoxy groups -OCH3 is 5. The molecule has 6 aromatic carbocycles. The number of fused-ring (bicyclic) bond motifs is 3. The van der Waals surface area contributed by atoms with Crippen LogP contribution in [0.4, 0.5) is 0 Å². The van der Waals surface area contributed by atoms with Crippen molar-refractivity contribution in [2.45, 2.75) is 39.7 Å². The van der Waals surface area contributed by atoms with Crippen LogP contribution >= 0.6 is 0 Å². The average molecular weight is 862 g/mol. The van der Waals surface area contributed by atoms with Gasteiger partial charge >= 0.3 is 5.97 Å². The number of aromatic nitrogens is 1. The molecule has 0 unspecified atom stereocenters. The number of esters is 1. The van der Waals surface area contributed by atoms with Gasteiger partial charge in [0, 0.05) is 40.4 Å². The summed E-state index contributed by atoms with van der Waals surface area (Å²) in [6.45, 7) is 3.16. The maximum atomic E-state index is 14.8. The van der Waals surface area contributed by atoms with E-state index in [1.54, 1.807) is 42.5 Å². The molecule has 0 fully saturated rings. The number of ether oxygens (including phenoxy) is 9. The maximum Gasteiger partial charge on any atom is 0.355 e. The first-order valence-corrected chi connectivity index (χ1v) is 21.1. The first-order valence-electron chi connectivity index (χ1n) is 21.1. The fourth-order valence-electron chi connectivity index (χ4n) is 8.26. The van der Waals surface area contributed by atoms with Gasteiger partial charge < -0.3 is 47.2 Å². The Kier molecular flexibility index (Phi) is 13.3. The standard InChI is InChI=1S/C53H51NO10/c1-7-61-53(55)50-48(40-29-43(57-3)45(64-33-36-21-15-10-16-22-36)30-42(40)62-31-34-17-11-8-12-18-34)47(37-23-24-41(56-2)44(27-37)63-32-35-19-13-9-14-20-35)49-39-28-46(58-4)52(60-6)51(59-5)38(39)25-26-54(49)50/h8-24,27-30H,7,25-26,31-33H2,1-6H3. The topological polar surface area (TPSA) is 105 Å². The molecule has 2 heterocycles. The van der Waals surface area contributed by atoms with Crippen LogP contribution in [0.2, 0.25) is 0 Å². The zero-order chi connectivity index (χ0) is 44.6. The average Bonchev–Trinajstić information content (AvgIpc) is 3.70. The molecular weight excluding hydrogens is 811 g/mol. The Labute approximate surface area is 373 Å². The van der Waals surface area contributed by atoms with Crippen LogP contribution in [0.15, 0.2) is 127 Å². The Bertz CT molecular complexity index is 2730. The Morgan fingerprint density at radius 1 is 0.516 bits per heavy atom. The second-order valence-electron chi connectivity index (χ2n) is 14.9. The minimum atomic E-state index is -0.507. The second kappa shape index (κ2) is 19.7. The van der Waals surface area contributed by atoms with Gasteiger partial charge in [-0.2, -0.15) is 0 Å². The highest BCUT2D eigenvalue weighted by Crippen LogP contribution is 2.55. The lowest BCUT2D eigenvalue weighted by Crippen LogP contribution is -2.19. The maximum absolute atomic E-state index is 14.8. The van der Waals surface area contributed by atoms with Gasteiger partial charge in [-0.3, -0.25) is 0 Å². The molecule has 0 spiro atoms. The molecule has 11 nitrogen and oxygen atoms in total. The van der Waals surface area contributed by atoms with Crippen molar-refractivity contribution in [2.75, 3.05) is 42.2 Å². The molecule has 1 aromatic heterocycles. The predicted octanol–water partition coefficient (Wildman–Crippen LogP) is 11.0. The molecule has 0 atom stereocenters. The molecule has 0 aliphatic carbocycles. The summed E-state index contributed by atoms with van der Waals surface area (Å²) in [5.41, 5.74) is 8.25. The number of carbonyl (C=O) groups is 1. The molecule has 0 saturated heterocycles. The first kappa shape index (κ1) is 43.1. The summed E-state index contributed by atoms with van der Waals surface area (Å²) in [6.07, 6.45) is 0.507. The van der Waals surface area contributed by atoms with Crippen LogP contribution in [0.25, 0.3) is 33.5 Å². The van der Waals surface area contributed by atoms with Crippen molar-refractivity contribution in [1.29, 1.82) is 0 Å². The SMILES string of the molecule is CCOC(=O)c1c(-c2cc(OC)c(OCc3ccccc3)cc2OCc2ccccc2)c(-c2ccc(OC)c(OCc3ccccc3)c2)c2n1CCc1c-2cc(OC)c(OC)c1OC. The van der Waals surface area contributed by atoms with Gasteiger partial charge in [-0.05, 0) is 59.9 Å². The third-order valence-electron chi connectivity index (χ3n) is 11.2. The fraction of sp³-hybridized carbons (Fsp3) is 0.226. The van der Waals surface area contributed by atoms with E-state index in [2.05, 4.69) is 0 Å². The van der Waals surface area contributed by atoms with E-state index in [1.165, 1.54) is 0 Å². The number of rotatable bonds is 18. The largest absolute Gasteiger partial charge is 0.493 e. The molecule has 0 radical (unpaired) electrons. The van der Waals surface area contributed by atoms with E-state index in [1.807, 2.05) is 132 Å². The minimum Gasteiger partial charge on any atom is -0.493 e. The normalized spacial score (nSPS) is 11.5. The van der Waals surface area contributed by atoms with E-state index in [4.69, 9.17) is 42.6 Å². The molecular formula is C53H51NO10. The molecule has 0 bridgehead atoms. The zero-order valence-corrected chi connectivity index (χ0v) is 36.9. The van der Waals surface area contributed by atoms with Gasteiger partial charge in [-0.1, -0.05) is 97.1 Å². The molecule has 1 aliphatic rings. The van der Waals surface area contributed by atoms with Crippen molar-refractivity contribution in [2.24, 2.45) is 0 Å². The van der Waals surface area contributed by atoms with Gasteiger partial charge in [-0.15, -0.1) is 0 Å². The Hall–Kier alpha value is -7.53. The molecule has 0 amide bonds. The van der Waals surface area contributed by atoms with Gasteiger partial charge in [0.15, 0.2) is 34.5 Å². The van der Waals surface area contributed by atoms with E-state index in [9.17, 15) is 4.79 Å². The van der Waals surface area contributed by atoms with Gasteiger partial charge in [0.2, 0.25) is 5.75 Å². The highest BCUT2D eigenvalue weighted by molar-refractivity contribution is 6.08. The number of nitrogens with zero attached hydrogens (tertiary/aromatic N) is 1. The summed E-state index contributed by atoms with van der Waals surface area (Å²) in [5, 5.41) is 0. The van der Waals surface area contributed by atoms with Crippen LogP contribution in [0.3, 0.4) is 0 Å². The highest BCUT2D eigenvalue weighted by Gasteiger charge is 2.37.